The first kappa shape index (κ1) is 17.6. The van der Waals surface area contributed by atoms with E-state index < -0.39 is 16.1 Å². The lowest BCUT2D eigenvalue weighted by Gasteiger charge is -2.09. The summed E-state index contributed by atoms with van der Waals surface area (Å²) in [7, 11) is -4.03. The van der Waals surface area contributed by atoms with E-state index in [1.165, 1.54) is 18.2 Å². The van der Waals surface area contributed by atoms with Crippen molar-refractivity contribution >= 4 is 39.3 Å². The molecule has 23 heavy (non-hydrogen) atoms. The average molecular weight is 373 g/mol. The van der Waals surface area contributed by atoms with Gasteiger partial charge in [0.05, 0.1) is 4.90 Å². The van der Waals surface area contributed by atoms with Crippen LogP contribution in [0.15, 0.2) is 53.4 Å². The summed E-state index contributed by atoms with van der Waals surface area (Å²) >= 11 is 11.5. The number of nitrogens with one attached hydrogen (secondary N) is 2. The Bertz CT molecular complexity index is 775. The molecule has 0 bridgehead atoms. The van der Waals surface area contributed by atoms with Crippen molar-refractivity contribution in [1.82, 2.24) is 10.0 Å². The lowest BCUT2D eigenvalue weighted by atomic mass is 10.1. The Morgan fingerprint density at radius 2 is 1.61 bits per heavy atom. The normalized spacial score (nSPS) is 11.0. The Kier molecular flexibility index (Phi) is 5.87. The van der Waals surface area contributed by atoms with Gasteiger partial charge < -0.3 is 5.32 Å². The zero-order chi connectivity index (χ0) is 16.9. The fourth-order valence-electron chi connectivity index (χ4n) is 1.87. The van der Waals surface area contributed by atoms with Crippen LogP contribution in [0.5, 0.6) is 0 Å². The highest BCUT2D eigenvalue weighted by Gasteiger charge is 2.18. The van der Waals surface area contributed by atoms with Gasteiger partial charge in [-0.1, -0.05) is 53.5 Å². The quantitative estimate of drug-likeness (QED) is 0.845. The SMILES string of the molecule is O=C(NCCc1ccccc1)NS(=O)(=O)c1cc(Cl)cc(Cl)c1. The molecule has 2 aromatic carbocycles. The second-order valence-corrected chi connectivity index (χ2v) is 7.26. The first-order valence-electron chi connectivity index (χ1n) is 6.67. The van der Waals surface area contributed by atoms with Crippen LogP contribution in [0.2, 0.25) is 10.0 Å². The standard InChI is InChI=1S/C15H14Cl2N2O3S/c16-12-8-13(17)10-14(9-12)23(21,22)19-15(20)18-7-6-11-4-2-1-3-5-11/h1-5,8-10H,6-7H2,(H2,18,19,20). The number of carbonyl (C=O) groups is 1. The molecule has 0 saturated carbocycles. The number of hydrogen-bond donors (Lipinski definition) is 2. The Labute approximate surface area is 144 Å². The third-order valence-electron chi connectivity index (χ3n) is 2.92. The molecular weight excluding hydrogens is 359 g/mol. The molecule has 0 spiro atoms. The fourth-order valence-corrected chi connectivity index (χ4v) is 3.52. The van der Waals surface area contributed by atoms with Gasteiger partial charge in [-0.3, -0.25) is 0 Å². The van der Waals surface area contributed by atoms with Crippen LogP contribution in [0.1, 0.15) is 5.56 Å². The summed E-state index contributed by atoms with van der Waals surface area (Å²) in [5.41, 5.74) is 1.04. The van der Waals surface area contributed by atoms with Gasteiger partial charge in [0.1, 0.15) is 0 Å². The van der Waals surface area contributed by atoms with Crippen molar-refractivity contribution in [3.8, 4) is 0 Å². The van der Waals surface area contributed by atoms with Crippen LogP contribution in [0.4, 0.5) is 4.79 Å². The highest BCUT2D eigenvalue weighted by Crippen LogP contribution is 2.22. The van der Waals surface area contributed by atoms with Gasteiger partial charge in [0, 0.05) is 16.6 Å². The van der Waals surface area contributed by atoms with E-state index in [1.54, 1.807) is 0 Å². The molecule has 0 aliphatic heterocycles. The molecule has 0 atom stereocenters. The molecule has 0 saturated heterocycles. The lowest BCUT2D eigenvalue weighted by molar-refractivity contribution is 0.246. The summed E-state index contributed by atoms with van der Waals surface area (Å²) in [6.07, 6.45) is 0.595. The van der Waals surface area contributed by atoms with Gasteiger partial charge in [0.2, 0.25) is 0 Å². The predicted octanol–water partition coefficient (Wildman–Crippen LogP) is 3.22. The summed E-state index contributed by atoms with van der Waals surface area (Å²) < 4.78 is 26.1. The van der Waals surface area contributed by atoms with Crippen LogP contribution in [-0.2, 0) is 16.4 Å². The second kappa shape index (κ2) is 7.68. The summed E-state index contributed by atoms with van der Waals surface area (Å²) in [5.74, 6) is 0. The van der Waals surface area contributed by atoms with Gasteiger partial charge in [-0.25, -0.2) is 17.9 Å². The molecule has 2 aromatic rings. The van der Waals surface area contributed by atoms with Crippen molar-refractivity contribution in [3.63, 3.8) is 0 Å². The van der Waals surface area contributed by atoms with Crippen molar-refractivity contribution in [2.75, 3.05) is 6.54 Å². The van der Waals surface area contributed by atoms with Crippen molar-refractivity contribution in [2.24, 2.45) is 0 Å². The first-order chi connectivity index (χ1) is 10.9. The maximum atomic E-state index is 12.1. The van der Waals surface area contributed by atoms with Crippen LogP contribution in [0.3, 0.4) is 0 Å². The molecule has 2 rings (SSSR count). The molecule has 8 heteroatoms. The number of benzene rings is 2. The molecule has 0 aliphatic carbocycles. The Morgan fingerprint density at radius 1 is 1.00 bits per heavy atom. The van der Waals surface area contributed by atoms with Gasteiger partial charge in [-0.05, 0) is 30.2 Å². The van der Waals surface area contributed by atoms with Crippen LogP contribution < -0.4 is 10.0 Å². The van der Waals surface area contributed by atoms with E-state index in [0.717, 1.165) is 5.56 Å². The Morgan fingerprint density at radius 3 is 2.22 bits per heavy atom. The highest BCUT2D eigenvalue weighted by molar-refractivity contribution is 7.90. The number of amides is 2. The molecule has 2 amide bonds. The van der Waals surface area contributed by atoms with E-state index in [9.17, 15) is 13.2 Å². The van der Waals surface area contributed by atoms with E-state index in [4.69, 9.17) is 23.2 Å². The summed E-state index contributed by atoms with van der Waals surface area (Å²) in [5, 5.41) is 2.83. The maximum absolute atomic E-state index is 12.1. The molecule has 0 aromatic heterocycles. The van der Waals surface area contributed by atoms with Gasteiger partial charge in [-0.15, -0.1) is 0 Å². The molecule has 0 fully saturated rings. The fraction of sp³-hybridized carbons (Fsp3) is 0.133. The Balaban J connectivity index is 1.93. The molecular formula is C15H14Cl2N2O3S. The van der Waals surface area contributed by atoms with E-state index >= 15 is 0 Å². The molecule has 5 nitrogen and oxygen atoms in total. The molecule has 0 aliphatic rings. The van der Waals surface area contributed by atoms with E-state index in [2.05, 4.69) is 5.32 Å². The zero-order valence-electron chi connectivity index (χ0n) is 11.9. The summed E-state index contributed by atoms with van der Waals surface area (Å²) in [6, 6.07) is 12.5. The minimum atomic E-state index is -4.03. The number of rotatable bonds is 5. The minimum absolute atomic E-state index is 0.169. The third kappa shape index (κ3) is 5.42. The predicted molar refractivity (Wildman–Crippen MR) is 90.3 cm³/mol. The molecule has 0 heterocycles. The van der Waals surface area contributed by atoms with E-state index in [-0.39, 0.29) is 14.9 Å². The van der Waals surface area contributed by atoms with Gasteiger partial charge in [-0.2, -0.15) is 0 Å². The second-order valence-electron chi connectivity index (χ2n) is 4.70. The number of hydrogen-bond acceptors (Lipinski definition) is 3. The van der Waals surface area contributed by atoms with Crippen LogP contribution in [0, 0.1) is 0 Å². The van der Waals surface area contributed by atoms with Crippen molar-refractivity contribution in [3.05, 3.63) is 64.1 Å². The third-order valence-corrected chi connectivity index (χ3v) is 4.66. The minimum Gasteiger partial charge on any atom is -0.337 e. The van der Waals surface area contributed by atoms with E-state index in [0.29, 0.717) is 13.0 Å². The maximum Gasteiger partial charge on any atom is 0.328 e. The molecule has 2 N–H and O–H groups in total. The zero-order valence-corrected chi connectivity index (χ0v) is 14.3. The monoisotopic (exact) mass is 372 g/mol. The van der Waals surface area contributed by atoms with Crippen molar-refractivity contribution in [1.29, 1.82) is 0 Å². The Hall–Kier alpha value is -1.76. The summed E-state index contributed by atoms with van der Waals surface area (Å²) in [6.45, 7) is 0.307. The topological polar surface area (TPSA) is 75.3 Å². The van der Waals surface area contributed by atoms with Crippen LogP contribution in [0.25, 0.3) is 0 Å². The smallest absolute Gasteiger partial charge is 0.328 e. The number of carbonyl (C=O) groups excluding carboxylic acids is 1. The van der Waals surface area contributed by atoms with E-state index in [1.807, 2.05) is 35.1 Å². The lowest BCUT2D eigenvalue weighted by Crippen LogP contribution is -2.40. The molecule has 0 unspecified atom stereocenters. The first-order valence-corrected chi connectivity index (χ1v) is 8.91. The van der Waals surface area contributed by atoms with Gasteiger partial charge >= 0.3 is 6.03 Å². The largest absolute Gasteiger partial charge is 0.337 e. The number of urea groups is 1. The van der Waals surface area contributed by atoms with Gasteiger partial charge in [0.25, 0.3) is 10.0 Å². The highest BCUT2D eigenvalue weighted by atomic mass is 35.5. The molecule has 122 valence electrons. The van der Waals surface area contributed by atoms with Gasteiger partial charge in [0.15, 0.2) is 0 Å². The summed E-state index contributed by atoms with van der Waals surface area (Å²) in [4.78, 5) is 11.6. The number of sulfonamides is 1. The van der Waals surface area contributed by atoms with Crippen molar-refractivity contribution in [2.45, 2.75) is 11.3 Å². The average Bonchev–Trinajstić information content (AvgIpc) is 2.47. The van der Waals surface area contributed by atoms with Crippen LogP contribution in [-0.4, -0.2) is 21.0 Å². The van der Waals surface area contributed by atoms with Crippen molar-refractivity contribution < 1.29 is 13.2 Å². The number of halogens is 2. The molecule has 0 radical (unpaired) electrons. The van der Waals surface area contributed by atoms with Crippen LogP contribution >= 0.6 is 23.2 Å².